The van der Waals surface area contributed by atoms with Gasteiger partial charge >= 0.3 is 0 Å². The lowest BCUT2D eigenvalue weighted by atomic mass is 9.56. The van der Waals surface area contributed by atoms with Crippen LogP contribution in [-0.4, -0.2) is 59.9 Å². The Morgan fingerprint density at radius 2 is 1.29 bits per heavy atom. The molecule has 4 bridgehead atoms. The van der Waals surface area contributed by atoms with Crippen LogP contribution in [0.15, 0.2) is 17.8 Å². The first-order chi connectivity index (χ1) is 21.5. The summed E-state index contributed by atoms with van der Waals surface area (Å²) in [4.78, 5) is 30.7. The van der Waals surface area contributed by atoms with Gasteiger partial charge in [-0.15, -0.1) is 0 Å². The largest absolute Gasteiger partial charge is 0.392 e. The van der Waals surface area contributed by atoms with Crippen LogP contribution >= 0.6 is 0 Å². The smallest absolute Gasteiger partial charge is 0.201 e. The molecule has 10 nitrogen and oxygen atoms in total. The predicted molar refractivity (Wildman–Crippen MR) is 162 cm³/mol. The summed E-state index contributed by atoms with van der Waals surface area (Å²) >= 11 is 0. The van der Waals surface area contributed by atoms with Crippen molar-refractivity contribution >= 4 is 5.71 Å². The fourth-order valence-electron chi connectivity index (χ4n) is 11.1. The summed E-state index contributed by atoms with van der Waals surface area (Å²) in [6.45, 7) is 17.3. The number of ether oxygens (including phenoxy) is 4. The minimum absolute atomic E-state index is 0.0999. The van der Waals surface area contributed by atoms with E-state index in [4.69, 9.17) is 48.5 Å². The Morgan fingerprint density at radius 3 is 1.87 bits per heavy atom. The van der Waals surface area contributed by atoms with E-state index in [0.717, 1.165) is 57.1 Å². The van der Waals surface area contributed by atoms with Crippen molar-refractivity contribution in [3.63, 3.8) is 0 Å². The first-order valence-electron chi connectivity index (χ1n) is 17.7. The minimum atomic E-state index is -0.836. The number of fused-ring (bicyclic) bond motifs is 4. The van der Waals surface area contributed by atoms with Crippen LogP contribution in [0.1, 0.15) is 99.3 Å². The van der Waals surface area contributed by atoms with E-state index in [9.17, 15) is 0 Å². The van der Waals surface area contributed by atoms with Crippen molar-refractivity contribution < 1.29 is 43.3 Å². The van der Waals surface area contributed by atoms with Crippen molar-refractivity contribution in [2.24, 2.45) is 52.5 Å². The van der Waals surface area contributed by atoms with Crippen molar-refractivity contribution in [1.29, 1.82) is 0 Å². The highest BCUT2D eigenvalue weighted by molar-refractivity contribution is 5.89. The zero-order valence-electron chi connectivity index (χ0n) is 27.9. The number of hydrogen-bond donors (Lipinski definition) is 0. The standard InChI is InChI=1S/C35H53NO9/c1-8-17-37-36-27(29-22(5)26-12-10-20(3)24-14-16-33(7)41-31(39-29)35(24,26)45-43-33)18-28-21(4)25-11-9-19(2)23-13-15-32(6)40-30(38-28)34(23,25)44-42-32/h8,19-26,28-31H,1,9-18H2,2-7H3/b36-27-/t19-,20-,21-,22-,23+,24+,25+,26+,28-,29+,30-,31-,32+,33+,34-,35-/m1/s1. The topological polar surface area (TPSA) is 95.4 Å². The molecule has 45 heavy (non-hydrogen) atoms. The summed E-state index contributed by atoms with van der Waals surface area (Å²) < 4.78 is 27.3. The van der Waals surface area contributed by atoms with Gasteiger partial charge in [-0.1, -0.05) is 45.5 Å². The molecule has 10 fully saturated rings. The van der Waals surface area contributed by atoms with E-state index in [2.05, 4.69) is 34.3 Å². The lowest BCUT2D eigenvalue weighted by Crippen LogP contribution is -2.71. The Labute approximate surface area is 267 Å². The fourth-order valence-corrected chi connectivity index (χ4v) is 11.1. The molecule has 0 unspecified atom stereocenters. The number of rotatable bonds is 6. The molecule has 0 aromatic carbocycles. The Bertz CT molecular complexity index is 1200. The van der Waals surface area contributed by atoms with Crippen LogP contribution in [0.4, 0.5) is 0 Å². The van der Waals surface area contributed by atoms with Crippen molar-refractivity contribution in [2.75, 3.05) is 6.61 Å². The van der Waals surface area contributed by atoms with Crippen LogP contribution < -0.4 is 0 Å². The maximum Gasteiger partial charge on any atom is 0.201 e. The summed E-state index contributed by atoms with van der Waals surface area (Å²) in [5.74, 6) is 0.701. The maximum atomic E-state index is 7.02. The molecule has 2 aliphatic carbocycles. The molecule has 10 heteroatoms. The normalized spacial score (nSPS) is 56.9. The van der Waals surface area contributed by atoms with Crippen LogP contribution in [0.2, 0.25) is 0 Å². The molecule has 252 valence electrons. The molecule has 2 spiro atoms. The second kappa shape index (κ2) is 11.0. The lowest BCUT2D eigenvalue weighted by molar-refractivity contribution is -0.571. The molecule has 8 saturated heterocycles. The number of oxime groups is 1. The summed E-state index contributed by atoms with van der Waals surface area (Å²) in [5.41, 5.74) is -0.402. The molecule has 0 aromatic rings. The highest BCUT2D eigenvalue weighted by Gasteiger charge is 2.71. The Hall–Kier alpha value is -1.11. The third-order valence-corrected chi connectivity index (χ3v) is 13.6. The van der Waals surface area contributed by atoms with Crippen LogP contribution in [0, 0.1) is 47.3 Å². The van der Waals surface area contributed by atoms with Gasteiger partial charge in [-0.3, -0.25) is 0 Å². The third-order valence-electron chi connectivity index (χ3n) is 13.6. The molecule has 16 atom stereocenters. The zero-order chi connectivity index (χ0) is 31.4. The molecule has 2 saturated carbocycles. The molecule has 8 heterocycles. The summed E-state index contributed by atoms with van der Waals surface area (Å²) in [7, 11) is 0. The molecule has 10 aliphatic rings. The van der Waals surface area contributed by atoms with E-state index < -0.39 is 35.4 Å². The minimum Gasteiger partial charge on any atom is -0.392 e. The van der Waals surface area contributed by atoms with Crippen LogP contribution in [0.25, 0.3) is 0 Å². The van der Waals surface area contributed by atoms with Crippen LogP contribution in [0.3, 0.4) is 0 Å². The van der Waals surface area contributed by atoms with Crippen molar-refractivity contribution in [3.8, 4) is 0 Å². The maximum absolute atomic E-state index is 7.02. The zero-order valence-corrected chi connectivity index (χ0v) is 27.9. The van der Waals surface area contributed by atoms with E-state index in [1.165, 1.54) is 0 Å². The Balaban J connectivity index is 1.11. The van der Waals surface area contributed by atoms with Crippen molar-refractivity contribution in [1.82, 2.24) is 0 Å². The van der Waals surface area contributed by atoms with E-state index in [1.807, 2.05) is 13.8 Å². The van der Waals surface area contributed by atoms with Gasteiger partial charge in [0.1, 0.15) is 12.7 Å². The molecular formula is C35H53NO9. The first-order valence-corrected chi connectivity index (χ1v) is 17.7. The number of nitrogens with zero attached hydrogens (tertiary/aromatic N) is 1. The second-order valence-electron chi connectivity index (χ2n) is 16.1. The Kier molecular flexibility index (Phi) is 7.59. The average molecular weight is 632 g/mol. The second-order valence-corrected chi connectivity index (χ2v) is 16.1. The van der Waals surface area contributed by atoms with Gasteiger partial charge in [0.05, 0.1) is 11.8 Å². The average Bonchev–Trinajstić information content (AvgIpc) is 3.38. The van der Waals surface area contributed by atoms with Gasteiger partial charge in [-0.05, 0) is 87.9 Å². The van der Waals surface area contributed by atoms with Gasteiger partial charge < -0.3 is 23.8 Å². The van der Waals surface area contributed by atoms with Crippen molar-refractivity contribution in [2.45, 2.75) is 147 Å². The Morgan fingerprint density at radius 1 is 0.733 bits per heavy atom. The molecule has 0 aromatic heterocycles. The van der Waals surface area contributed by atoms with Gasteiger partial charge in [0.15, 0.2) is 23.8 Å². The van der Waals surface area contributed by atoms with Crippen LogP contribution in [0.5, 0.6) is 0 Å². The van der Waals surface area contributed by atoms with E-state index in [-0.39, 0.29) is 35.9 Å². The molecule has 8 aliphatic heterocycles. The SMILES string of the molecule is C=CCO/N=C(/C[C@H]1O[C@@H]2O[C@]3(C)CC[C@H]4[C@H](C)CC[C@@H]([C@H]1C)[C@@]24OO3)[C@H]1O[C@@H]2O[C@]3(C)CC[C@H]4[C@H](C)CC[C@@H]([C@H]1C)[C@@]24OO3. The molecule has 10 rings (SSSR count). The van der Waals surface area contributed by atoms with Gasteiger partial charge in [0.2, 0.25) is 11.6 Å². The molecule has 0 radical (unpaired) electrons. The molecule has 0 N–H and O–H groups in total. The van der Waals surface area contributed by atoms with Gasteiger partial charge in [-0.25, -0.2) is 19.6 Å². The molecular weight excluding hydrogens is 578 g/mol. The summed E-state index contributed by atoms with van der Waals surface area (Å²) in [5, 5.41) is 4.77. The van der Waals surface area contributed by atoms with Gasteiger partial charge in [0.25, 0.3) is 0 Å². The fraction of sp³-hybridized carbons (Fsp3) is 0.914. The van der Waals surface area contributed by atoms with Gasteiger partial charge in [0, 0.05) is 31.1 Å². The lowest BCUT2D eigenvalue weighted by Gasteiger charge is -2.61. The van der Waals surface area contributed by atoms with Gasteiger partial charge in [-0.2, -0.15) is 0 Å². The van der Waals surface area contributed by atoms with E-state index in [1.54, 1.807) is 6.08 Å². The summed E-state index contributed by atoms with van der Waals surface area (Å²) in [6.07, 6.45) is 8.67. The monoisotopic (exact) mass is 631 g/mol. The highest BCUT2D eigenvalue weighted by atomic mass is 17.3. The van der Waals surface area contributed by atoms with Crippen LogP contribution in [-0.2, 0) is 43.3 Å². The van der Waals surface area contributed by atoms with E-state index in [0.29, 0.717) is 36.7 Å². The number of hydrogen-bond acceptors (Lipinski definition) is 10. The van der Waals surface area contributed by atoms with Crippen molar-refractivity contribution in [3.05, 3.63) is 12.7 Å². The first kappa shape index (κ1) is 31.2. The van der Waals surface area contributed by atoms with E-state index >= 15 is 0 Å². The third kappa shape index (κ3) is 4.52. The quantitative estimate of drug-likeness (QED) is 0.108. The molecule has 0 amide bonds. The highest BCUT2D eigenvalue weighted by Crippen LogP contribution is 2.63. The summed E-state index contributed by atoms with van der Waals surface area (Å²) in [6, 6.07) is 0. The predicted octanol–water partition coefficient (Wildman–Crippen LogP) is 6.44.